The number of hydrogen-bond acceptors (Lipinski definition) is 2. The van der Waals surface area contributed by atoms with E-state index in [4.69, 9.17) is 0 Å². The van der Waals surface area contributed by atoms with Crippen molar-refractivity contribution in [3.63, 3.8) is 0 Å². The van der Waals surface area contributed by atoms with Gasteiger partial charge in [0.2, 0.25) is 0 Å². The van der Waals surface area contributed by atoms with E-state index in [0.29, 0.717) is 4.08 Å². The van der Waals surface area contributed by atoms with Crippen LogP contribution in [0, 0.1) is 5.92 Å². The minimum atomic E-state index is 0.521. The molecule has 11 heavy (non-hydrogen) atoms. The minimum absolute atomic E-state index is 0.521. The van der Waals surface area contributed by atoms with Crippen molar-refractivity contribution in [3.8, 4) is 0 Å². The van der Waals surface area contributed by atoms with Gasteiger partial charge in [0.1, 0.15) is 0 Å². The third-order valence-corrected chi connectivity index (χ3v) is 6.22. The van der Waals surface area contributed by atoms with E-state index in [1.54, 1.807) is 0 Å². The highest BCUT2D eigenvalue weighted by Crippen LogP contribution is 2.47. The van der Waals surface area contributed by atoms with Gasteiger partial charge in [0.15, 0.2) is 0 Å². The van der Waals surface area contributed by atoms with Gasteiger partial charge in [-0.3, -0.25) is 0 Å². The summed E-state index contributed by atoms with van der Waals surface area (Å²) >= 11 is 4.32. The second kappa shape index (κ2) is 4.08. The van der Waals surface area contributed by atoms with Crippen LogP contribution in [0.15, 0.2) is 0 Å². The van der Waals surface area contributed by atoms with Crippen LogP contribution in [0.1, 0.15) is 33.6 Å². The van der Waals surface area contributed by atoms with Crippen LogP contribution in [-0.4, -0.2) is 15.6 Å². The Kier molecular flexibility index (Phi) is 3.63. The Morgan fingerprint density at radius 1 is 1.36 bits per heavy atom. The SMILES string of the molecule is CC[C@H](C)C1(C)SCCCS1. The molecule has 0 spiro atoms. The highest BCUT2D eigenvalue weighted by Gasteiger charge is 2.32. The highest BCUT2D eigenvalue weighted by molar-refractivity contribution is 8.18. The molecule has 0 saturated carbocycles. The number of hydrogen-bond donors (Lipinski definition) is 0. The molecule has 0 aromatic heterocycles. The first-order chi connectivity index (χ1) is 5.19. The van der Waals surface area contributed by atoms with Crippen LogP contribution in [0.4, 0.5) is 0 Å². The minimum Gasteiger partial charge on any atom is -0.144 e. The second-order valence-electron chi connectivity index (χ2n) is 3.38. The molecule has 0 aromatic rings. The molecule has 66 valence electrons. The maximum atomic E-state index is 2.41. The van der Waals surface area contributed by atoms with E-state index in [1.807, 2.05) is 0 Å². The van der Waals surface area contributed by atoms with Crippen molar-refractivity contribution in [3.05, 3.63) is 0 Å². The zero-order chi connectivity index (χ0) is 8.32. The molecule has 0 N–H and O–H groups in total. The lowest BCUT2D eigenvalue weighted by Gasteiger charge is -2.37. The van der Waals surface area contributed by atoms with E-state index in [1.165, 1.54) is 24.3 Å². The van der Waals surface area contributed by atoms with Crippen molar-refractivity contribution in [2.24, 2.45) is 5.92 Å². The summed E-state index contributed by atoms with van der Waals surface area (Å²) in [6.45, 7) is 7.09. The molecule has 0 amide bonds. The third kappa shape index (κ3) is 2.32. The molecule has 0 bridgehead atoms. The van der Waals surface area contributed by atoms with Crippen LogP contribution in [-0.2, 0) is 0 Å². The van der Waals surface area contributed by atoms with Gasteiger partial charge in [-0.05, 0) is 30.8 Å². The second-order valence-corrected chi connectivity index (χ2v) is 6.72. The topological polar surface area (TPSA) is 0 Å². The Hall–Kier alpha value is 0.700. The van der Waals surface area contributed by atoms with E-state index in [-0.39, 0.29) is 0 Å². The van der Waals surface area contributed by atoms with Crippen molar-refractivity contribution >= 4 is 23.5 Å². The van der Waals surface area contributed by atoms with Crippen molar-refractivity contribution < 1.29 is 0 Å². The van der Waals surface area contributed by atoms with Gasteiger partial charge in [-0.1, -0.05) is 20.3 Å². The summed E-state index contributed by atoms with van der Waals surface area (Å²) in [6.07, 6.45) is 2.72. The molecular formula is C9H18S2. The van der Waals surface area contributed by atoms with E-state index in [9.17, 15) is 0 Å². The Morgan fingerprint density at radius 2 is 1.91 bits per heavy atom. The van der Waals surface area contributed by atoms with E-state index >= 15 is 0 Å². The van der Waals surface area contributed by atoms with Gasteiger partial charge in [0, 0.05) is 0 Å². The summed E-state index contributed by atoms with van der Waals surface area (Å²) in [5, 5.41) is 0. The molecule has 0 aromatic carbocycles. The fourth-order valence-electron chi connectivity index (χ4n) is 1.31. The summed E-state index contributed by atoms with van der Waals surface area (Å²) in [5.74, 6) is 3.60. The number of rotatable bonds is 2. The van der Waals surface area contributed by atoms with Crippen molar-refractivity contribution in [2.75, 3.05) is 11.5 Å². The molecule has 1 saturated heterocycles. The largest absolute Gasteiger partial charge is 0.144 e. The van der Waals surface area contributed by atoms with Gasteiger partial charge in [0.25, 0.3) is 0 Å². The lowest BCUT2D eigenvalue weighted by molar-refractivity contribution is 0.526. The lowest BCUT2D eigenvalue weighted by atomic mass is 10.1. The van der Waals surface area contributed by atoms with Crippen molar-refractivity contribution in [1.29, 1.82) is 0 Å². The smallest absolute Gasteiger partial charge is 0.0608 e. The van der Waals surface area contributed by atoms with Crippen molar-refractivity contribution in [2.45, 2.75) is 37.7 Å². The maximum Gasteiger partial charge on any atom is 0.0608 e. The summed E-state index contributed by atoms with van der Waals surface area (Å²) in [5.41, 5.74) is 0. The Bertz CT molecular complexity index is 117. The monoisotopic (exact) mass is 190 g/mol. The average molecular weight is 190 g/mol. The highest BCUT2D eigenvalue weighted by atomic mass is 32.2. The summed E-state index contributed by atoms with van der Waals surface area (Å²) in [7, 11) is 0. The Labute approximate surface area is 78.9 Å². The molecule has 1 aliphatic heterocycles. The van der Waals surface area contributed by atoms with E-state index in [2.05, 4.69) is 44.3 Å². The molecule has 0 aliphatic carbocycles. The number of thioether (sulfide) groups is 2. The van der Waals surface area contributed by atoms with Crippen LogP contribution in [0.5, 0.6) is 0 Å². The lowest BCUT2D eigenvalue weighted by Crippen LogP contribution is -2.28. The van der Waals surface area contributed by atoms with Gasteiger partial charge in [-0.25, -0.2) is 0 Å². The molecule has 1 rings (SSSR count). The van der Waals surface area contributed by atoms with Crippen molar-refractivity contribution in [1.82, 2.24) is 0 Å². The van der Waals surface area contributed by atoms with Gasteiger partial charge in [-0.15, -0.1) is 23.5 Å². The standard InChI is InChI=1S/C9H18S2/c1-4-8(2)9(3)10-6-5-7-11-9/h8H,4-7H2,1-3H3/t8-/m0/s1. The first-order valence-electron chi connectivity index (χ1n) is 4.47. The zero-order valence-corrected chi connectivity index (χ0v) is 9.36. The molecule has 0 nitrogen and oxygen atoms in total. The van der Waals surface area contributed by atoms with E-state index in [0.717, 1.165) is 5.92 Å². The molecule has 1 fully saturated rings. The average Bonchev–Trinajstić information content (AvgIpc) is 2.04. The molecule has 1 heterocycles. The van der Waals surface area contributed by atoms with Crippen LogP contribution in [0.3, 0.4) is 0 Å². The van der Waals surface area contributed by atoms with Crippen LogP contribution < -0.4 is 0 Å². The van der Waals surface area contributed by atoms with Gasteiger partial charge < -0.3 is 0 Å². The zero-order valence-electron chi connectivity index (χ0n) is 7.72. The van der Waals surface area contributed by atoms with Crippen LogP contribution in [0.2, 0.25) is 0 Å². The molecule has 2 heteroatoms. The van der Waals surface area contributed by atoms with E-state index < -0.39 is 0 Å². The predicted octanol–water partition coefficient (Wildman–Crippen LogP) is 3.62. The molecule has 0 unspecified atom stereocenters. The summed E-state index contributed by atoms with van der Waals surface area (Å²) in [6, 6.07) is 0. The molecule has 1 atom stereocenters. The quantitative estimate of drug-likeness (QED) is 0.652. The fourth-order valence-corrected chi connectivity index (χ4v) is 4.61. The summed E-state index contributed by atoms with van der Waals surface area (Å²) < 4.78 is 0.521. The summed E-state index contributed by atoms with van der Waals surface area (Å²) in [4.78, 5) is 0. The van der Waals surface area contributed by atoms with Gasteiger partial charge >= 0.3 is 0 Å². The van der Waals surface area contributed by atoms with Crippen LogP contribution in [0.25, 0.3) is 0 Å². The Balaban J connectivity index is 2.49. The predicted molar refractivity (Wildman–Crippen MR) is 57.4 cm³/mol. The van der Waals surface area contributed by atoms with Gasteiger partial charge in [-0.2, -0.15) is 0 Å². The molecule has 0 radical (unpaired) electrons. The van der Waals surface area contributed by atoms with Crippen LogP contribution >= 0.6 is 23.5 Å². The normalized spacial score (nSPS) is 26.5. The Morgan fingerprint density at radius 3 is 2.36 bits per heavy atom. The fraction of sp³-hybridized carbons (Fsp3) is 1.00. The third-order valence-electron chi connectivity index (χ3n) is 2.57. The maximum absolute atomic E-state index is 2.41. The first kappa shape index (κ1) is 9.79. The van der Waals surface area contributed by atoms with Gasteiger partial charge in [0.05, 0.1) is 4.08 Å². The first-order valence-corrected chi connectivity index (χ1v) is 6.44. The molecular weight excluding hydrogens is 172 g/mol. The molecule has 1 aliphatic rings.